The Bertz CT molecular complexity index is 833. The Morgan fingerprint density at radius 3 is 2.76 bits per heavy atom. The third kappa shape index (κ3) is 3.77. The first-order valence-electron chi connectivity index (χ1n) is 8.20. The molecule has 25 heavy (non-hydrogen) atoms. The van der Waals surface area contributed by atoms with E-state index < -0.39 is 0 Å². The molecule has 0 bridgehead atoms. The fourth-order valence-corrected chi connectivity index (χ4v) is 2.75. The maximum absolute atomic E-state index is 12.2. The third-order valence-corrected chi connectivity index (χ3v) is 4.12. The van der Waals surface area contributed by atoms with E-state index in [1.807, 2.05) is 62.0 Å². The van der Waals surface area contributed by atoms with Gasteiger partial charge in [0, 0.05) is 18.4 Å². The summed E-state index contributed by atoms with van der Waals surface area (Å²) >= 11 is 0. The van der Waals surface area contributed by atoms with E-state index in [1.165, 1.54) is 0 Å². The summed E-state index contributed by atoms with van der Waals surface area (Å²) in [4.78, 5) is 12.2. The maximum Gasteiger partial charge on any atom is 0.238 e. The number of aryl methyl sites for hydroxylation is 2. The molecule has 3 N–H and O–H groups in total. The van der Waals surface area contributed by atoms with Crippen LogP contribution in [0.3, 0.4) is 0 Å². The Labute approximate surface area is 146 Å². The number of amides is 1. The number of benzene rings is 1. The minimum absolute atomic E-state index is 0.00214. The van der Waals surface area contributed by atoms with Gasteiger partial charge in [0.1, 0.15) is 0 Å². The summed E-state index contributed by atoms with van der Waals surface area (Å²) in [5, 5.41) is 17.4. The molecule has 1 aromatic carbocycles. The fourth-order valence-electron chi connectivity index (χ4n) is 2.75. The highest BCUT2D eigenvalue weighted by Crippen LogP contribution is 2.21. The Kier molecular flexibility index (Phi) is 4.95. The van der Waals surface area contributed by atoms with Crippen molar-refractivity contribution in [3.63, 3.8) is 0 Å². The first-order chi connectivity index (χ1) is 12.1. The van der Waals surface area contributed by atoms with E-state index in [4.69, 9.17) is 0 Å². The van der Waals surface area contributed by atoms with Gasteiger partial charge < -0.3 is 10.6 Å². The highest BCUT2D eigenvalue weighted by Gasteiger charge is 2.14. The van der Waals surface area contributed by atoms with Crippen molar-refractivity contribution in [1.82, 2.24) is 25.3 Å². The number of nitrogens with one attached hydrogen (secondary N) is 3. The molecule has 0 aliphatic rings. The highest BCUT2D eigenvalue weighted by molar-refractivity contribution is 5.93. The molecule has 7 nitrogen and oxygen atoms in total. The second kappa shape index (κ2) is 7.31. The molecule has 0 aliphatic heterocycles. The summed E-state index contributed by atoms with van der Waals surface area (Å²) in [6, 6.07) is 9.90. The summed E-state index contributed by atoms with van der Waals surface area (Å²) in [7, 11) is 0. The maximum atomic E-state index is 12.2. The lowest BCUT2D eigenvalue weighted by atomic mass is 10.1. The number of hydrogen-bond acceptors (Lipinski definition) is 4. The van der Waals surface area contributed by atoms with Crippen LogP contribution in [0.15, 0.2) is 42.7 Å². The normalized spacial score (nSPS) is 12.1. The summed E-state index contributed by atoms with van der Waals surface area (Å²) in [6.45, 7) is 5.98. The van der Waals surface area contributed by atoms with Crippen LogP contribution in [0.2, 0.25) is 0 Å². The van der Waals surface area contributed by atoms with Crippen molar-refractivity contribution in [1.29, 1.82) is 0 Å². The third-order valence-electron chi connectivity index (χ3n) is 4.12. The van der Waals surface area contributed by atoms with E-state index in [0.717, 1.165) is 28.3 Å². The van der Waals surface area contributed by atoms with Gasteiger partial charge in [-0.25, -0.2) is 4.68 Å². The van der Waals surface area contributed by atoms with Gasteiger partial charge in [-0.1, -0.05) is 18.2 Å². The number of rotatable bonds is 6. The summed E-state index contributed by atoms with van der Waals surface area (Å²) in [5.41, 5.74) is 4.45. The number of aromatic amines is 1. The minimum Gasteiger partial charge on any atom is -0.322 e. The Morgan fingerprint density at radius 1 is 1.28 bits per heavy atom. The average molecular weight is 338 g/mol. The predicted octanol–water partition coefficient (Wildman–Crippen LogP) is 2.50. The standard InChI is InChI=1S/C18H22N6O/c1-12(15-7-4-5-8-16(15)24-10-6-9-20-24)19-11-17(25)21-18-13(2)22-23-14(18)3/h4-10,12,19H,11H2,1-3H3,(H,21,25)(H,22,23)/t12-/m0/s1. The van der Waals surface area contributed by atoms with Crippen LogP contribution in [0.5, 0.6) is 0 Å². The van der Waals surface area contributed by atoms with Crippen LogP contribution in [0.1, 0.15) is 29.9 Å². The van der Waals surface area contributed by atoms with Crippen LogP contribution in [0.25, 0.3) is 5.69 Å². The van der Waals surface area contributed by atoms with Gasteiger partial charge in [0.25, 0.3) is 0 Å². The van der Waals surface area contributed by atoms with Crippen LogP contribution in [-0.4, -0.2) is 32.4 Å². The lowest BCUT2D eigenvalue weighted by Gasteiger charge is -2.18. The number of H-pyrrole nitrogens is 1. The summed E-state index contributed by atoms with van der Waals surface area (Å²) in [6.07, 6.45) is 3.65. The first-order valence-corrected chi connectivity index (χ1v) is 8.20. The molecule has 1 atom stereocenters. The van der Waals surface area contributed by atoms with Crippen molar-refractivity contribution in [2.75, 3.05) is 11.9 Å². The highest BCUT2D eigenvalue weighted by atomic mass is 16.1. The molecule has 0 aliphatic carbocycles. The SMILES string of the molecule is Cc1n[nH]c(C)c1NC(=O)CN[C@@H](C)c1ccccc1-n1cccn1. The predicted molar refractivity (Wildman–Crippen MR) is 96.7 cm³/mol. The van der Waals surface area contributed by atoms with Crippen molar-refractivity contribution in [2.45, 2.75) is 26.8 Å². The van der Waals surface area contributed by atoms with Crippen molar-refractivity contribution < 1.29 is 4.79 Å². The average Bonchev–Trinajstić information content (AvgIpc) is 3.25. The molecule has 1 amide bonds. The monoisotopic (exact) mass is 338 g/mol. The number of carbonyl (C=O) groups excluding carboxylic acids is 1. The van der Waals surface area contributed by atoms with Crippen molar-refractivity contribution in [2.24, 2.45) is 0 Å². The number of carbonyl (C=O) groups is 1. The number of para-hydroxylation sites is 1. The molecule has 0 saturated heterocycles. The molecular weight excluding hydrogens is 316 g/mol. The van der Waals surface area contributed by atoms with Gasteiger partial charge >= 0.3 is 0 Å². The Morgan fingerprint density at radius 2 is 2.08 bits per heavy atom. The molecule has 0 spiro atoms. The van der Waals surface area contributed by atoms with E-state index in [2.05, 4.69) is 25.9 Å². The van der Waals surface area contributed by atoms with Gasteiger partial charge in [0.15, 0.2) is 0 Å². The van der Waals surface area contributed by atoms with Crippen LogP contribution in [-0.2, 0) is 4.79 Å². The summed E-state index contributed by atoms with van der Waals surface area (Å²) < 4.78 is 1.83. The second-order valence-electron chi connectivity index (χ2n) is 5.97. The smallest absolute Gasteiger partial charge is 0.238 e. The molecular formula is C18H22N6O. The first kappa shape index (κ1) is 16.9. The number of nitrogens with zero attached hydrogens (tertiary/aromatic N) is 3. The topological polar surface area (TPSA) is 87.6 Å². The van der Waals surface area contributed by atoms with Gasteiger partial charge in [0.05, 0.1) is 29.3 Å². The molecule has 3 rings (SSSR count). The molecule has 0 radical (unpaired) electrons. The zero-order valence-electron chi connectivity index (χ0n) is 14.6. The number of aromatic nitrogens is 4. The van der Waals surface area contributed by atoms with Crippen LogP contribution >= 0.6 is 0 Å². The van der Waals surface area contributed by atoms with Crippen LogP contribution < -0.4 is 10.6 Å². The van der Waals surface area contributed by atoms with E-state index >= 15 is 0 Å². The van der Waals surface area contributed by atoms with Crippen LogP contribution in [0, 0.1) is 13.8 Å². The molecule has 0 fully saturated rings. The number of hydrogen-bond donors (Lipinski definition) is 3. The van der Waals surface area contributed by atoms with Crippen molar-refractivity contribution in [3.05, 3.63) is 59.7 Å². The lowest BCUT2D eigenvalue weighted by Crippen LogP contribution is -2.30. The number of anilines is 1. The molecule has 3 aromatic rings. The van der Waals surface area contributed by atoms with Crippen molar-refractivity contribution in [3.8, 4) is 5.69 Å². The fraction of sp³-hybridized carbons (Fsp3) is 0.278. The quantitative estimate of drug-likeness (QED) is 0.644. The zero-order valence-corrected chi connectivity index (χ0v) is 14.6. The van der Waals surface area contributed by atoms with Gasteiger partial charge in [-0.2, -0.15) is 10.2 Å². The largest absolute Gasteiger partial charge is 0.322 e. The molecule has 0 saturated carbocycles. The van der Waals surface area contributed by atoms with Gasteiger partial charge in [-0.05, 0) is 38.5 Å². The van der Waals surface area contributed by atoms with E-state index in [9.17, 15) is 4.79 Å². The second-order valence-corrected chi connectivity index (χ2v) is 5.97. The van der Waals surface area contributed by atoms with Crippen molar-refractivity contribution >= 4 is 11.6 Å². The minimum atomic E-state index is -0.101. The molecule has 130 valence electrons. The molecule has 0 unspecified atom stereocenters. The van der Waals surface area contributed by atoms with Gasteiger partial charge in [0.2, 0.25) is 5.91 Å². The lowest BCUT2D eigenvalue weighted by molar-refractivity contribution is -0.115. The Hall–Kier alpha value is -2.93. The molecule has 2 aromatic heterocycles. The van der Waals surface area contributed by atoms with Crippen LogP contribution in [0.4, 0.5) is 5.69 Å². The van der Waals surface area contributed by atoms with E-state index in [-0.39, 0.29) is 18.5 Å². The van der Waals surface area contributed by atoms with Gasteiger partial charge in [-0.15, -0.1) is 0 Å². The van der Waals surface area contributed by atoms with E-state index in [1.54, 1.807) is 6.20 Å². The Balaban J connectivity index is 1.65. The molecule has 7 heteroatoms. The molecule has 2 heterocycles. The summed E-state index contributed by atoms with van der Waals surface area (Å²) in [5.74, 6) is -0.101. The zero-order chi connectivity index (χ0) is 17.8. The van der Waals surface area contributed by atoms with E-state index in [0.29, 0.717) is 0 Å². The van der Waals surface area contributed by atoms with Gasteiger partial charge in [-0.3, -0.25) is 9.89 Å².